The highest BCUT2D eigenvalue weighted by molar-refractivity contribution is 5.88. The largest absolute Gasteiger partial charge is 0.479 e. The standard InChI is InChI=1S/C18H23NO3/c1-10-7-8-12(9-11(10)2)16(18(21)22)19-17(20)15-13-5-3-4-6-14(13)15/h7-9,13-16H,3-6H2,1-2H3,(H,19,20)(H,21,22). The van der Waals surface area contributed by atoms with Crippen molar-refractivity contribution in [2.45, 2.75) is 45.6 Å². The van der Waals surface area contributed by atoms with Gasteiger partial charge in [0.2, 0.25) is 5.91 Å². The average Bonchev–Trinajstić information content (AvgIpc) is 3.21. The smallest absolute Gasteiger partial charge is 0.330 e. The number of aliphatic carboxylic acids is 1. The minimum Gasteiger partial charge on any atom is -0.479 e. The summed E-state index contributed by atoms with van der Waals surface area (Å²) >= 11 is 0. The second-order valence-electron chi connectivity index (χ2n) is 6.76. The van der Waals surface area contributed by atoms with Gasteiger partial charge in [0.1, 0.15) is 0 Å². The van der Waals surface area contributed by atoms with E-state index in [-0.39, 0.29) is 11.8 Å². The molecule has 3 atom stereocenters. The molecule has 4 nitrogen and oxygen atoms in total. The van der Waals surface area contributed by atoms with E-state index in [0.717, 1.165) is 24.0 Å². The lowest BCUT2D eigenvalue weighted by Gasteiger charge is -2.16. The highest BCUT2D eigenvalue weighted by Gasteiger charge is 2.55. The molecule has 2 aliphatic carbocycles. The first-order valence-electron chi connectivity index (χ1n) is 8.09. The van der Waals surface area contributed by atoms with Crippen molar-refractivity contribution in [3.63, 3.8) is 0 Å². The number of benzene rings is 1. The van der Waals surface area contributed by atoms with Crippen LogP contribution in [0.1, 0.15) is 48.4 Å². The van der Waals surface area contributed by atoms with Crippen LogP contribution in [0.5, 0.6) is 0 Å². The zero-order valence-electron chi connectivity index (χ0n) is 13.1. The summed E-state index contributed by atoms with van der Waals surface area (Å²) in [6, 6.07) is 4.61. The Morgan fingerprint density at radius 3 is 2.32 bits per heavy atom. The Bertz CT molecular complexity index is 598. The Morgan fingerprint density at radius 2 is 1.77 bits per heavy atom. The Morgan fingerprint density at radius 1 is 1.14 bits per heavy atom. The van der Waals surface area contributed by atoms with Gasteiger partial charge in [-0.15, -0.1) is 0 Å². The Hall–Kier alpha value is -1.84. The van der Waals surface area contributed by atoms with Crippen LogP contribution in [0, 0.1) is 31.6 Å². The van der Waals surface area contributed by atoms with E-state index in [1.807, 2.05) is 26.0 Å². The van der Waals surface area contributed by atoms with Crippen molar-refractivity contribution in [1.82, 2.24) is 5.32 Å². The van der Waals surface area contributed by atoms with Gasteiger partial charge >= 0.3 is 5.97 Å². The molecular weight excluding hydrogens is 278 g/mol. The zero-order chi connectivity index (χ0) is 15.9. The monoisotopic (exact) mass is 301 g/mol. The summed E-state index contributed by atoms with van der Waals surface area (Å²) in [6.45, 7) is 3.94. The maximum absolute atomic E-state index is 12.4. The third kappa shape index (κ3) is 2.74. The second kappa shape index (κ2) is 5.75. The third-order valence-corrected chi connectivity index (χ3v) is 5.36. The first kappa shape index (κ1) is 15.1. The van der Waals surface area contributed by atoms with Gasteiger partial charge < -0.3 is 10.4 Å². The molecule has 1 amide bonds. The van der Waals surface area contributed by atoms with E-state index >= 15 is 0 Å². The number of hydrogen-bond acceptors (Lipinski definition) is 2. The molecule has 3 unspecified atom stereocenters. The van der Waals surface area contributed by atoms with E-state index < -0.39 is 12.0 Å². The molecule has 118 valence electrons. The molecule has 1 aromatic carbocycles. The SMILES string of the molecule is Cc1ccc(C(NC(=O)C2C3CCCCC32)C(=O)O)cc1C. The summed E-state index contributed by atoms with van der Waals surface area (Å²) < 4.78 is 0. The average molecular weight is 301 g/mol. The molecule has 0 spiro atoms. The molecule has 1 aromatic rings. The van der Waals surface area contributed by atoms with Gasteiger partial charge in [0, 0.05) is 5.92 Å². The van der Waals surface area contributed by atoms with Crippen molar-refractivity contribution in [2.24, 2.45) is 17.8 Å². The van der Waals surface area contributed by atoms with Crippen LogP contribution >= 0.6 is 0 Å². The van der Waals surface area contributed by atoms with E-state index in [9.17, 15) is 14.7 Å². The Kier molecular flexibility index (Phi) is 3.94. The van der Waals surface area contributed by atoms with E-state index in [1.54, 1.807) is 6.07 Å². The van der Waals surface area contributed by atoms with E-state index in [2.05, 4.69) is 5.32 Å². The summed E-state index contributed by atoms with van der Waals surface area (Å²) in [5.41, 5.74) is 2.80. The molecule has 4 heteroatoms. The number of rotatable bonds is 4. The molecule has 2 aliphatic rings. The number of amides is 1. The molecule has 0 aliphatic heterocycles. The summed E-state index contributed by atoms with van der Waals surface area (Å²) in [5, 5.41) is 12.2. The first-order chi connectivity index (χ1) is 10.5. The first-order valence-corrected chi connectivity index (χ1v) is 8.09. The van der Waals surface area contributed by atoms with Crippen LogP contribution in [0.25, 0.3) is 0 Å². The van der Waals surface area contributed by atoms with Gasteiger partial charge in [0.25, 0.3) is 0 Å². The number of carboxylic acid groups (broad SMARTS) is 1. The molecule has 0 aromatic heterocycles. The molecule has 0 radical (unpaired) electrons. The van der Waals surface area contributed by atoms with E-state index in [1.165, 1.54) is 12.8 Å². The topological polar surface area (TPSA) is 66.4 Å². The van der Waals surface area contributed by atoms with Crippen molar-refractivity contribution in [1.29, 1.82) is 0 Å². The molecule has 3 rings (SSSR count). The number of carbonyl (C=O) groups excluding carboxylic acids is 1. The lowest BCUT2D eigenvalue weighted by Crippen LogP contribution is -2.35. The number of fused-ring (bicyclic) bond motifs is 1. The van der Waals surface area contributed by atoms with E-state index in [4.69, 9.17) is 0 Å². The Balaban J connectivity index is 1.73. The predicted octanol–water partition coefficient (Wildman–Crippen LogP) is 2.98. The number of hydrogen-bond donors (Lipinski definition) is 2. The van der Waals surface area contributed by atoms with Gasteiger partial charge in [-0.25, -0.2) is 4.79 Å². The van der Waals surface area contributed by atoms with Gasteiger partial charge in [-0.3, -0.25) is 4.79 Å². The summed E-state index contributed by atoms with van der Waals surface area (Å²) in [6.07, 6.45) is 4.63. The summed E-state index contributed by atoms with van der Waals surface area (Å²) in [5.74, 6) is -0.0652. The molecule has 0 saturated heterocycles. The van der Waals surface area contributed by atoms with E-state index in [0.29, 0.717) is 17.4 Å². The van der Waals surface area contributed by atoms with Crippen molar-refractivity contribution < 1.29 is 14.7 Å². The van der Waals surface area contributed by atoms with Gasteiger partial charge in [0.05, 0.1) is 0 Å². The molecule has 22 heavy (non-hydrogen) atoms. The zero-order valence-corrected chi connectivity index (χ0v) is 13.1. The van der Waals surface area contributed by atoms with Crippen LogP contribution in [0.3, 0.4) is 0 Å². The number of aryl methyl sites for hydroxylation is 2. The van der Waals surface area contributed by atoms with Crippen LogP contribution in [0.4, 0.5) is 0 Å². The summed E-state index contributed by atoms with van der Waals surface area (Å²) in [4.78, 5) is 24.0. The number of carbonyl (C=O) groups is 2. The van der Waals surface area contributed by atoms with Crippen LogP contribution in [-0.2, 0) is 9.59 Å². The second-order valence-corrected chi connectivity index (χ2v) is 6.76. The van der Waals surface area contributed by atoms with Crippen LogP contribution in [0.2, 0.25) is 0 Å². The van der Waals surface area contributed by atoms with Crippen molar-refractivity contribution >= 4 is 11.9 Å². The normalized spacial score (nSPS) is 27.6. The van der Waals surface area contributed by atoms with Gasteiger partial charge in [-0.1, -0.05) is 31.0 Å². The van der Waals surface area contributed by atoms with Crippen LogP contribution in [0.15, 0.2) is 18.2 Å². The maximum Gasteiger partial charge on any atom is 0.330 e. The minimum atomic E-state index is -1.000. The number of carboxylic acids is 1. The lowest BCUT2D eigenvalue weighted by atomic mass is 10.0. The predicted molar refractivity (Wildman–Crippen MR) is 83.4 cm³/mol. The van der Waals surface area contributed by atoms with Crippen LogP contribution < -0.4 is 5.32 Å². The molecule has 0 bridgehead atoms. The number of nitrogens with one attached hydrogen (secondary N) is 1. The van der Waals surface area contributed by atoms with Gasteiger partial charge in [-0.2, -0.15) is 0 Å². The van der Waals surface area contributed by atoms with Crippen molar-refractivity contribution in [3.05, 3.63) is 34.9 Å². The van der Waals surface area contributed by atoms with Gasteiger partial charge in [0.15, 0.2) is 6.04 Å². The summed E-state index contributed by atoms with van der Waals surface area (Å²) in [7, 11) is 0. The molecule has 2 saturated carbocycles. The van der Waals surface area contributed by atoms with Crippen LogP contribution in [-0.4, -0.2) is 17.0 Å². The molecule has 0 heterocycles. The minimum absolute atomic E-state index is 0.0379. The molecular formula is C18H23NO3. The fourth-order valence-corrected chi connectivity index (χ4v) is 3.85. The Labute approximate surface area is 130 Å². The van der Waals surface area contributed by atoms with Gasteiger partial charge in [-0.05, 0) is 55.2 Å². The third-order valence-electron chi connectivity index (χ3n) is 5.36. The lowest BCUT2D eigenvalue weighted by molar-refractivity contribution is -0.142. The highest BCUT2D eigenvalue weighted by Crippen LogP contribution is 2.55. The highest BCUT2D eigenvalue weighted by atomic mass is 16.4. The van der Waals surface area contributed by atoms with Crippen molar-refractivity contribution in [2.75, 3.05) is 0 Å². The fraction of sp³-hybridized carbons (Fsp3) is 0.556. The fourth-order valence-electron chi connectivity index (χ4n) is 3.85. The maximum atomic E-state index is 12.4. The van der Waals surface area contributed by atoms with Crippen molar-refractivity contribution in [3.8, 4) is 0 Å². The molecule has 2 N–H and O–H groups in total. The molecule has 2 fully saturated rings. The quantitative estimate of drug-likeness (QED) is 0.898.